The Morgan fingerprint density at radius 3 is 3.00 bits per heavy atom. The van der Waals surface area contributed by atoms with Crippen LogP contribution in [0.5, 0.6) is 0 Å². The van der Waals surface area contributed by atoms with Crippen molar-refractivity contribution in [2.45, 2.75) is 32.7 Å². The molecule has 0 spiro atoms. The van der Waals surface area contributed by atoms with Crippen LogP contribution in [0.4, 0.5) is 0 Å². The van der Waals surface area contributed by atoms with Crippen molar-refractivity contribution in [1.29, 1.82) is 5.41 Å². The molecule has 0 saturated heterocycles. The number of nitrogens with zero attached hydrogens (tertiary/aromatic N) is 2. The largest absolute Gasteiger partial charge is 0.390 e. The van der Waals surface area contributed by atoms with Crippen molar-refractivity contribution in [2.75, 3.05) is 6.54 Å². The van der Waals surface area contributed by atoms with Gasteiger partial charge in [0.1, 0.15) is 4.60 Å². The molecule has 2 rings (SSSR count). The predicted octanol–water partition coefficient (Wildman–Crippen LogP) is 2.74. The predicted molar refractivity (Wildman–Crippen MR) is 76.9 cm³/mol. The van der Waals surface area contributed by atoms with E-state index in [1.165, 1.54) is 19.1 Å². The highest BCUT2D eigenvalue weighted by Crippen LogP contribution is 2.27. The highest BCUT2D eigenvalue weighted by molar-refractivity contribution is 9.10. The third-order valence-electron chi connectivity index (χ3n) is 3.08. The maximum absolute atomic E-state index is 7.46. The van der Waals surface area contributed by atoms with E-state index < -0.39 is 0 Å². The minimum absolute atomic E-state index is 0.738. The van der Waals surface area contributed by atoms with Gasteiger partial charge in [0.15, 0.2) is 0 Å². The van der Waals surface area contributed by atoms with Crippen LogP contribution in [-0.4, -0.2) is 22.5 Å². The normalized spacial score (nSPS) is 15.8. The second kappa shape index (κ2) is 6.18. The summed E-state index contributed by atoms with van der Waals surface area (Å²) in [7, 11) is 0. The molecule has 0 unspecified atom stereocenters. The molecule has 1 aromatic rings. The summed E-state index contributed by atoms with van der Waals surface area (Å²) in [6, 6.07) is 0. The van der Waals surface area contributed by atoms with Crippen LogP contribution in [0.1, 0.15) is 25.3 Å². The minimum Gasteiger partial charge on any atom is -0.390 e. The van der Waals surface area contributed by atoms with E-state index in [9.17, 15) is 0 Å². The quantitative estimate of drug-likeness (QED) is 0.761. The zero-order valence-corrected chi connectivity index (χ0v) is 12.2. The van der Waals surface area contributed by atoms with Crippen molar-refractivity contribution in [3.63, 3.8) is 0 Å². The van der Waals surface area contributed by atoms with Crippen LogP contribution in [-0.2, 0) is 13.0 Å². The van der Waals surface area contributed by atoms with E-state index in [0.29, 0.717) is 0 Å². The molecule has 0 aliphatic heterocycles. The van der Waals surface area contributed by atoms with E-state index >= 15 is 0 Å². The molecule has 5 heteroatoms. The van der Waals surface area contributed by atoms with Crippen molar-refractivity contribution < 1.29 is 0 Å². The minimum atomic E-state index is 0.738. The molecule has 1 fully saturated rings. The summed E-state index contributed by atoms with van der Waals surface area (Å²) in [4.78, 5) is 0. The number of hydrogen-bond acceptors (Lipinski definition) is 3. The summed E-state index contributed by atoms with van der Waals surface area (Å²) in [6.45, 7) is 3.96. The van der Waals surface area contributed by atoms with Crippen LogP contribution < -0.4 is 5.32 Å². The first-order chi connectivity index (χ1) is 8.72. The highest BCUT2D eigenvalue weighted by Gasteiger charge is 2.19. The van der Waals surface area contributed by atoms with Gasteiger partial charge < -0.3 is 10.7 Å². The van der Waals surface area contributed by atoms with Gasteiger partial charge in [-0.05, 0) is 47.2 Å². The van der Waals surface area contributed by atoms with E-state index in [-0.39, 0.29) is 0 Å². The van der Waals surface area contributed by atoms with Gasteiger partial charge in [-0.25, -0.2) is 0 Å². The monoisotopic (exact) mass is 310 g/mol. The molecule has 1 aliphatic rings. The topological polar surface area (TPSA) is 53.7 Å². The van der Waals surface area contributed by atoms with E-state index in [1.54, 1.807) is 0 Å². The Kier molecular flexibility index (Phi) is 4.58. The smallest absolute Gasteiger partial charge is 0.131 e. The van der Waals surface area contributed by atoms with Gasteiger partial charge in [0.05, 0.1) is 0 Å². The molecule has 0 radical (unpaired) electrons. The number of halogens is 1. The number of hydrogen-bond donors (Lipinski definition) is 2. The SMILES string of the molecule is CCn1cc(C/C(C=N)=C/NCC2CC2)c(Br)n1. The standard InChI is InChI=1S/C13H19BrN4/c1-2-18-9-12(13(14)17-18)5-11(6-15)8-16-7-10-3-4-10/h6,8-10,15-16H,2-5,7H2,1H3/b11-8-,15-6?. The molecule has 0 bridgehead atoms. The fraction of sp³-hybridized carbons (Fsp3) is 0.538. The van der Waals surface area contributed by atoms with Crippen molar-refractivity contribution in [1.82, 2.24) is 15.1 Å². The van der Waals surface area contributed by atoms with Crippen LogP contribution in [0.3, 0.4) is 0 Å². The van der Waals surface area contributed by atoms with Crippen molar-refractivity contribution in [2.24, 2.45) is 5.92 Å². The second-order valence-corrected chi connectivity index (χ2v) is 5.44. The molecule has 18 heavy (non-hydrogen) atoms. The van der Waals surface area contributed by atoms with Crippen molar-refractivity contribution in [3.8, 4) is 0 Å². The number of aryl methyl sites for hydroxylation is 1. The average molecular weight is 311 g/mol. The molecule has 0 amide bonds. The van der Waals surface area contributed by atoms with Gasteiger partial charge in [-0.2, -0.15) is 5.10 Å². The molecule has 1 aromatic heterocycles. The third kappa shape index (κ3) is 3.70. The zero-order chi connectivity index (χ0) is 13.0. The van der Waals surface area contributed by atoms with Crippen molar-refractivity contribution >= 4 is 22.1 Å². The molecule has 1 saturated carbocycles. The molecule has 98 valence electrons. The van der Waals surface area contributed by atoms with E-state index in [4.69, 9.17) is 5.41 Å². The summed E-state index contributed by atoms with van der Waals surface area (Å²) in [5.74, 6) is 0.850. The fourth-order valence-corrected chi connectivity index (χ4v) is 2.21. The van der Waals surface area contributed by atoms with Crippen LogP contribution in [0, 0.1) is 11.3 Å². The van der Waals surface area contributed by atoms with Crippen molar-refractivity contribution in [3.05, 3.63) is 28.1 Å². The van der Waals surface area contributed by atoms with Gasteiger partial charge in [0.2, 0.25) is 0 Å². The Hall–Kier alpha value is -1.10. The van der Waals surface area contributed by atoms with Crippen LogP contribution in [0.25, 0.3) is 0 Å². The van der Waals surface area contributed by atoms with Crippen LogP contribution >= 0.6 is 15.9 Å². The second-order valence-electron chi connectivity index (χ2n) is 4.69. The molecule has 0 atom stereocenters. The lowest BCUT2D eigenvalue weighted by Gasteiger charge is -2.02. The Morgan fingerprint density at radius 2 is 2.44 bits per heavy atom. The van der Waals surface area contributed by atoms with Crippen LogP contribution in [0.15, 0.2) is 22.6 Å². The summed E-state index contributed by atoms with van der Waals surface area (Å²) in [5.41, 5.74) is 2.10. The Morgan fingerprint density at radius 1 is 1.67 bits per heavy atom. The highest BCUT2D eigenvalue weighted by atomic mass is 79.9. The molecule has 2 N–H and O–H groups in total. The maximum Gasteiger partial charge on any atom is 0.131 e. The third-order valence-corrected chi connectivity index (χ3v) is 3.75. The molecular formula is C13H19BrN4. The molecule has 4 nitrogen and oxygen atoms in total. The lowest BCUT2D eigenvalue weighted by atomic mass is 10.1. The van der Waals surface area contributed by atoms with E-state index in [2.05, 4.69) is 33.3 Å². The summed E-state index contributed by atoms with van der Waals surface area (Å²) >= 11 is 3.46. The number of aromatic nitrogens is 2. The number of allylic oxidation sites excluding steroid dienone is 1. The number of rotatable bonds is 7. The first-order valence-electron chi connectivity index (χ1n) is 6.37. The number of nitrogens with one attached hydrogen (secondary N) is 2. The fourth-order valence-electron chi connectivity index (χ4n) is 1.76. The average Bonchev–Trinajstić information content (AvgIpc) is 3.12. The summed E-state index contributed by atoms with van der Waals surface area (Å²) in [5, 5.41) is 15.1. The van der Waals surface area contributed by atoms with Gasteiger partial charge >= 0.3 is 0 Å². The van der Waals surface area contributed by atoms with Gasteiger partial charge in [0.25, 0.3) is 0 Å². The van der Waals surface area contributed by atoms with E-state index in [1.807, 2.05) is 17.1 Å². The first kappa shape index (κ1) is 13.3. The zero-order valence-electron chi connectivity index (χ0n) is 10.6. The Labute approximate surface area is 116 Å². The van der Waals surface area contributed by atoms with Gasteiger partial charge in [-0.15, -0.1) is 0 Å². The molecule has 1 aliphatic carbocycles. The molecular weight excluding hydrogens is 292 g/mol. The molecule has 1 heterocycles. The lowest BCUT2D eigenvalue weighted by Crippen LogP contribution is -2.10. The van der Waals surface area contributed by atoms with E-state index in [0.717, 1.165) is 41.2 Å². The van der Waals surface area contributed by atoms with Gasteiger partial charge in [-0.1, -0.05) is 0 Å². The maximum atomic E-state index is 7.46. The Bertz CT molecular complexity index is 446. The first-order valence-corrected chi connectivity index (χ1v) is 7.17. The summed E-state index contributed by atoms with van der Waals surface area (Å²) < 4.78 is 2.78. The molecule has 0 aromatic carbocycles. The van der Waals surface area contributed by atoms with Gasteiger partial charge in [-0.3, -0.25) is 4.68 Å². The van der Waals surface area contributed by atoms with Gasteiger partial charge in [0, 0.05) is 43.7 Å². The Balaban J connectivity index is 1.94. The summed E-state index contributed by atoms with van der Waals surface area (Å²) in [6.07, 6.45) is 8.83. The van der Waals surface area contributed by atoms with Crippen LogP contribution in [0.2, 0.25) is 0 Å². The lowest BCUT2D eigenvalue weighted by molar-refractivity contribution is 0.655.